The molecule has 3 heteroatoms. The third kappa shape index (κ3) is 3.11. The molecule has 0 bridgehead atoms. The van der Waals surface area contributed by atoms with Crippen LogP contribution in [0.3, 0.4) is 0 Å². The van der Waals surface area contributed by atoms with Crippen LogP contribution in [0.1, 0.15) is 31.4 Å². The molecule has 0 heterocycles. The molecule has 0 saturated carbocycles. The summed E-state index contributed by atoms with van der Waals surface area (Å²) in [5, 5.41) is 11.5. The van der Waals surface area contributed by atoms with Crippen LogP contribution in [-0.2, 0) is 0 Å². The van der Waals surface area contributed by atoms with E-state index in [2.05, 4.69) is 13.0 Å². The van der Waals surface area contributed by atoms with E-state index in [0.29, 0.717) is 5.75 Å². The van der Waals surface area contributed by atoms with Crippen molar-refractivity contribution in [3.8, 4) is 5.75 Å². The van der Waals surface area contributed by atoms with Gasteiger partial charge < -0.3 is 10.8 Å². The molecule has 2 rings (SSSR count). The van der Waals surface area contributed by atoms with Crippen LogP contribution in [-0.4, -0.2) is 5.11 Å². The summed E-state index contributed by atoms with van der Waals surface area (Å²) < 4.78 is 0. The van der Waals surface area contributed by atoms with Crippen molar-refractivity contribution in [1.82, 2.24) is 0 Å². The first kappa shape index (κ1) is 13.8. The van der Waals surface area contributed by atoms with Crippen molar-refractivity contribution in [3.05, 3.63) is 42.0 Å². The van der Waals surface area contributed by atoms with Gasteiger partial charge in [-0.3, -0.25) is 0 Å². The lowest BCUT2D eigenvalue weighted by atomic mass is 9.99. The van der Waals surface area contributed by atoms with Gasteiger partial charge in [-0.15, -0.1) is 12.4 Å². The van der Waals surface area contributed by atoms with Crippen LogP contribution in [0.2, 0.25) is 0 Å². The second-order valence-electron chi connectivity index (χ2n) is 4.19. The first-order chi connectivity index (χ1) is 7.70. The van der Waals surface area contributed by atoms with Gasteiger partial charge in [0, 0.05) is 6.04 Å². The normalized spacial score (nSPS) is 12.1. The fourth-order valence-electron chi connectivity index (χ4n) is 1.96. The molecule has 2 aromatic rings. The van der Waals surface area contributed by atoms with Crippen LogP contribution in [0, 0.1) is 0 Å². The van der Waals surface area contributed by atoms with E-state index in [4.69, 9.17) is 5.73 Å². The minimum absolute atomic E-state index is 0. The Labute approximate surface area is 108 Å². The van der Waals surface area contributed by atoms with E-state index in [1.807, 2.05) is 18.2 Å². The summed E-state index contributed by atoms with van der Waals surface area (Å²) in [4.78, 5) is 0. The second-order valence-corrected chi connectivity index (χ2v) is 4.19. The maximum atomic E-state index is 9.37. The molecular formula is C14H18ClNO. The largest absolute Gasteiger partial charge is 0.508 e. The third-order valence-corrected chi connectivity index (χ3v) is 2.88. The van der Waals surface area contributed by atoms with Gasteiger partial charge in [-0.1, -0.05) is 31.5 Å². The first-order valence-electron chi connectivity index (χ1n) is 5.69. The van der Waals surface area contributed by atoms with E-state index in [0.717, 1.165) is 23.6 Å². The minimum Gasteiger partial charge on any atom is -0.508 e. The van der Waals surface area contributed by atoms with Crippen molar-refractivity contribution < 1.29 is 5.11 Å². The highest BCUT2D eigenvalue weighted by Crippen LogP contribution is 2.24. The molecule has 0 saturated heterocycles. The molecule has 2 nitrogen and oxygen atoms in total. The number of fused-ring (bicyclic) bond motifs is 1. The quantitative estimate of drug-likeness (QED) is 0.872. The van der Waals surface area contributed by atoms with Crippen LogP contribution in [0.25, 0.3) is 10.8 Å². The zero-order valence-electron chi connectivity index (χ0n) is 9.89. The fraction of sp³-hybridized carbons (Fsp3) is 0.286. The lowest BCUT2D eigenvalue weighted by Gasteiger charge is -2.11. The van der Waals surface area contributed by atoms with Gasteiger partial charge in [0.15, 0.2) is 0 Å². The van der Waals surface area contributed by atoms with Gasteiger partial charge in [-0.2, -0.15) is 0 Å². The Morgan fingerprint density at radius 3 is 2.47 bits per heavy atom. The molecule has 0 fully saturated rings. The van der Waals surface area contributed by atoms with Gasteiger partial charge in [-0.25, -0.2) is 0 Å². The van der Waals surface area contributed by atoms with E-state index in [1.54, 1.807) is 12.1 Å². The van der Waals surface area contributed by atoms with Crippen LogP contribution in [0.4, 0.5) is 0 Å². The maximum Gasteiger partial charge on any atom is 0.116 e. The Bertz CT molecular complexity index is 499. The first-order valence-corrected chi connectivity index (χ1v) is 5.69. The van der Waals surface area contributed by atoms with E-state index in [1.165, 1.54) is 5.56 Å². The monoisotopic (exact) mass is 251 g/mol. The number of rotatable bonds is 3. The predicted octanol–water partition coefficient (Wildman–Crippen LogP) is 3.77. The van der Waals surface area contributed by atoms with Gasteiger partial charge in [0.05, 0.1) is 0 Å². The van der Waals surface area contributed by atoms with Crippen LogP contribution in [0.15, 0.2) is 36.4 Å². The summed E-state index contributed by atoms with van der Waals surface area (Å²) in [6.07, 6.45) is 2.10. The van der Waals surface area contributed by atoms with Gasteiger partial charge >= 0.3 is 0 Å². The number of benzene rings is 2. The Kier molecular flexibility index (Phi) is 4.79. The summed E-state index contributed by atoms with van der Waals surface area (Å²) >= 11 is 0. The molecule has 2 aromatic carbocycles. The molecule has 0 amide bonds. The highest BCUT2D eigenvalue weighted by molar-refractivity contribution is 5.85. The molecule has 0 aliphatic rings. The molecule has 17 heavy (non-hydrogen) atoms. The van der Waals surface area contributed by atoms with E-state index < -0.39 is 0 Å². The summed E-state index contributed by atoms with van der Waals surface area (Å²) in [6.45, 7) is 2.14. The number of aromatic hydroxyl groups is 1. The molecule has 92 valence electrons. The van der Waals surface area contributed by atoms with Crippen molar-refractivity contribution in [1.29, 1.82) is 0 Å². The average Bonchev–Trinajstić information content (AvgIpc) is 2.28. The summed E-state index contributed by atoms with van der Waals surface area (Å²) in [5.41, 5.74) is 7.24. The number of nitrogens with two attached hydrogens (primary N) is 1. The highest BCUT2D eigenvalue weighted by atomic mass is 35.5. The van der Waals surface area contributed by atoms with Crippen LogP contribution < -0.4 is 5.73 Å². The molecule has 1 atom stereocenters. The molecular weight excluding hydrogens is 234 g/mol. The zero-order valence-corrected chi connectivity index (χ0v) is 10.7. The SMILES string of the molecule is CCC[C@H](N)c1ccc2cc(O)ccc2c1.Cl. The van der Waals surface area contributed by atoms with Gasteiger partial charge in [0.2, 0.25) is 0 Å². The lowest BCUT2D eigenvalue weighted by Crippen LogP contribution is -2.09. The Balaban J connectivity index is 0.00000144. The van der Waals surface area contributed by atoms with Crippen LogP contribution >= 0.6 is 12.4 Å². The fourth-order valence-corrected chi connectivity index (χ4v) is 1.96. The highest BCUT2D eigenvalue weighted by Gasteiger charge is 2.05. The Hall–Kier alpha value is -1.25. The molecule has 0 radical (unpaired) electrons. The van der Waals surface area contributed by atoms with E-state index in [-0.39, 0.29) is 18.4 Å². The molecule has 0 aliphatic carbocycles. The standard InChI is InChI=1S/C14H17NO.ClH/c1-2-3-14(15)12-5-4-11-9-13(16)7-6-10(11)8-12;/h4-9,14,16H,2-3,15H2,1H3;1H/t14-;/m0./s1. The van der Waals surface area contributed by atoms with Crippen molar-refractivity contribution in [2.24, 2.45) is 5.73 Å². The van der Waals surface area contributed by atoms with Crippen molar-refractivity contribution in [2.45, 2.75) is 25.8 Å². The van der Waals surface area contributed by atoms with Gasteiger partial charge in [0.25, 0.3) is 0 Å². The second kappa shape index (κ2) is 5.89. The Morgan fingerprint density at radius 2 is 1.76 bits per heavy atom. The summed E-state index contributed by atoms with van der Waals surface area (Å²) in [7, 11) is 0. The smallest absolute Gasteiger partial charge is 0.116 e. The maximum absolute atomic E-state index is 9.37. The van der Waals surface area contributed by atoms with Crippen molar-refractivity contribution in [2.75, 3.05) is 0 Å². The Morgan fingerprint density at radius 1 is 1.12 bits per heavy atom. The van der Waals surface area contributed by atoms with Crippen molar-refractivity contribution >= 4 is 23.2 Å². The minimum atomic E-state index is 0. The topological polar surface area (TPSA) is 46.2 Å². The number of phenolic OH excluding ortho intramolecular Hbond substituents is 1. The molecule has 0 aliphatic heterocycles. The van der Waals surface area contributed by atoms with E-state index >= 15 is 0 Å². The third-order valence-electron chi connectivity index (χ3n) is 2.88. The van der Waals surface area contributed by atoms with Crippen LogP contribution in [0.5, 0.6) is 5.75 Å². The number of hydrogen-bond donors (Lipinski definition) is 2. The zero-order chi connectivity index (χ0) is 11.5. The number of hydrogen-bond acceptors (Lipinski definition) is 2. The lowest BCUT2D eigenvalue weighted by molar-refractivity contribution is 0.476. The molecule has 0 spiro atoms. The predicted molar refractivity (Wildman–Crippen MR) is 74.7 cm³/mol. The average molecular weight is 252 g/mol. The molecule has 0 aromatic heterocycles. The number of phenols is 1. The summed E-state index contributed by atoms with van der Waals surface area (Å²) in [5.74, 6) is 0.304. The molecule has 3 N–H and O–H groups in total. The van der Waals surface area contributed by atoms with E-state index in [9.17, 15) is 5.11 Å². The number of halogens is 1. The summed E-state index contributed by atoms with van der Waals surface area (Å²) in [6, 6.07) is 11.7. The van der Waals surface area contributed by atoms with Gasteiger partial charge in [0.1, 0.15) is 5.75 Å². The van der Waals surface area contributed by atoms with Crippen molar-refractivity contribution in [3.63, 3.8) is 0 Å². The molecule has 0 unspecified atom stereocenters. The van der Waals surface area contributed by atoms with Gasteiger partial charge in [-0.05, 0) is 41.0 Å².